The molecule has 1 aliphatic rings. The Morgan fingerprint density at radius 1 is 1.07 bits per heavy atom. The zero-order valence-corrected chi connectivity index (χ0v) is 17.1. The molecule has 1 fully saturated rings. The molecule has 1 aliphatic heterocycles. The lowest BCUT2D eigenvalue weighted by molar-refractivity contribution is -0.384. The predicted octanol–water partition coefficient (Wildman–Crippen LogP) is 3.10. The van der Waals surface area contributed by atoms with Gasteiger partial charge in [-0.3, -0.25) is 10.1 Å². The van der Waals surface area contributed by atoms with Crippen molar-refractivity contribution in [3.63, 3.8) is 0 Å². The summed E-state index contributed by atoms with van der Waals surface area (Å²) in [5.74, 6) is 0.315. The maximum atomic E-state index is 12.9. The smallest absolute Gasteiger partial charge is 0.292 e. The van der Waals surface area contributed by atoms with Crippen LogP contribution in [0.5, 0.6) is 0 Å². The van der Waals surface area contributed by atoms with Gasteiger partial charge in [-0.1, -0.05) is 26.0 Å². The van der Waals surface area contributed by atoms with E-state index in [2.05, 4.69) is 0 Å². The minimum atomic E-state index is -3.63. The second kappa shape index (κ2) is 8.19. The number of nitrogens with zero attached hydrogens (tertiary/aromatic N) is 4. The third-order valence-electron chi connectivity index (χ3n) is 5.07. The molecule has 152 valence electrons. The minimum absolute atomic E-state index is 0.0930. The molecule has 0 bridgehead atoms. The van der Waals surface area contributed by atoms with E-state index in [-0.39, 0.29) is 23.7 Å². The Morgan fingerprint density at radius 2 is 1.69 bits per heavy atom. The second-order valence-electron chi connectivity index (χ2n) is 7.19. The van der Waals surface area contributed by atoms with Crippen LogP contribution in [-0.2, 0) is 10.0 Å². The molecule has 2 aromatic rings. The summed E-state index contributed by atoms with van der Waals surface area (Å²) in [7, 11) is -3.63. The summed E-state index contributed by atoms with van der Waals surface area (Å²) in [6.45, 7) is 5.12. The first-order valence-corrected chi connectivity index (χ1v) is 10.7. The minimum Gasteiger partial charge on any atom is -0.363 e. The van der Waals surface area contributed by atoms with E-state index in [1.165, 1.54) is 22.5 Å². The van der Waals surface area contributed by atoms with E-state index in [4.69, 9.17) is 5.26 Å². The van der Waals surface area contributed by atoms with Gasteiger partial charge in [0, 0.05) is 32.2 Å². The highest BCUT2D eigenvalue weighted by Gasteiger charge is 2.30. The topological polar surface area (TPSA) is 108 Å². The van der Waals surface area contributed by atoms with Gasteiger partial charge in [0.25, 0.3) is 5.69 Å². The molecule has 0 radical (unpaired) electrons. The van der Waals surface area contributed by atoms with Crippen LogP contribution in [0.25, 0.3) is 0 Å². The van der Waals surface area contributed by atoms with Crippen molar-refractivity contribution in [2.45, 2.75) is 24.7 Å². The summed E-state index contributed by atoms with van der Waals surface area (Å²) in [4.78, 5) is 12.8. The molecule has 1 saturated heterocycles. The lowest BCUT2D eigenvalue weighted by atomic mass is 10.0. The van der Waals surface area contributed by atoms with Crippen molar-refractivity contribution in [2.75, 3.05) is 31.1 Å². The number of piperazine rings is 1. The number of hydrogen-bond acceptors (Lipinski definition) is 6. The average Bonchev–Trinajstić information content (AvgIpc) is 2.73. The van der Waals surface area contributed by atoms with Crippen molar-refractivity contribution in [1.82, 2.24) is 4.31 Å². The van der Waals surface area contributed by atoms with Gasteiger partial charge in [-0.25, -0.2) is 8.42 Å². The number of nitro benzene ring substituents is 1. The molecule has 9 heteroatoms. The summed E-state index contributed by atoms with van der Waals surface area (Å²) in [6, 6.07) is 13.1. The normalized spacial score (nSPS) is 15.3. The van der Waals surface area contributed by atoms with Crippen LogP contribution in [0.15, 0.2) is 47.4 Å². The van der Waals surface area contributed by atoms with Crippen LogP contribution in [0.4, 0.5) is 11.4 Å². The summed E-state index contributed by atoms with van der Waals surface area (Å²) < 4.78 is 27.3. The molecule has 29 heavy (non-hydrogen) atoms. The first kappa shape index (κ1) is 20.8. The third-order valence-corrected chi connectivity index (χ3v) is 6.98. The van der Waals surface area contributed by atoms with E-state index in [1.54, 1.807) is 17.0 Å². The predicted molar refractivity (Wildman–Crippen MR) is 109 cm³/mol. The van der Waals surface area contributed by atoms with Crippen molar-refractivity contribution < 1.29 is 13.3 Å². The number of nitriles is 1. The quantitative estimate of drug-likeness (QED) is 0.549. The van der Waals surface area contributed by atoms with Crippen molar-refractivity contribution in [1.29, 1.82) is 5.26 Å². The van der Waals surface area contributed by atoms with Gasteiger partial charge in [-0.05, 0) is 35.7 Å². The van der Waals surface area contributed by atoms with Crippen molar-refractivity contribution >= 4 is 21.4 Å². The molecular formula is C20H22N4O4S. The Balaban J connectivity index is 1.78. The molecule has 0 spiro atoms. The Kier molecular flexibility index (Phi) is 5.86. The molecule has 0 amide bonds. The van der Waals surface area contributed by atoms with E-state index in [9.17, 15) is 18.5 Å². The van der Waals surface area contributed by atoms with Crippen LogP contribution in [0.3, 0.4) is 0 Å². The Bertz CT molecular complexity index is 1050. The molecule has 8 nitrogen and oxygen atoms in total. The fraction of sp³-hybridized carbons (Fsp3) is 0.350. The summed E-state index contributed by atoms with van der Waals surface area (Å²) in [5.41, 5.74) is 1.64. The molecule has 0 N–H and O–H groups in total. The molecular weight excluding hydrogens is 392 g/mol. The van der Waals surface area contributed by atoms with E-state index >= 15 is 0 Å². The van der Waals surface area contributed by atoms with Crippen LogP contribution < -0.4 is 4.90 Å². The number of anilines is 1. The van der Waals surface area contributed by atoms with Crippen molar-refractivity contribution in [3.05, 3.63) is 63.7 Å². The Labute approximate surface area is 170 Å². The maximum absolute atomic E-state index is 12.9. The maximum Gasteiger partial charge on any atom is 0.292 e. The highest BCUT2D eigenvalue weighted by Crippen LogP contribution is 2.31. The SMILES string of the molecule is CC(C)c1ccc(S(=O)(=O)N2CCN(c3cc(C#N)ccc3[N+](=O)[O-])CC2)cc1. The van der Waals surface area contributed by atoms with Gasteiger partial charge in [0.1, 0.15) is 5.69 Å². The molecule has 2 aromatic carbocycles. The van der Waals surface area contributed by atoms with Gasteiger partial charge in [-0.2, -0.15) is 9.57 Å². The van der Waals surface area contributed by atoms with Gasteiger partial charge in [-0.15, -0.1) is 0 Å². The van der Waals surface area contributed by atoms with Crippen LogP contribution in [-0.4, -0.2) is 43.8 Å². The zero-order valence-electron chi connectivity index (χ0n) is 16.3. The number of benzene rings is 2. The summed E-state index contributed by atoms with van der Waals surface area (Å²) in [5, 5.41) is 20.4. The number of rotatable bonds is 5. The van der Waals surface area contributed by atoms with Crippen LogP contribution in [0.1, 0.15) is 30.9 Å². The first-order valence-electron chi connectivity index (χ1n) is 9.27. The first-order chi connectivity index (χ1) is 13.7. The zero-order chi connectivity index (χ0) is 21.2. The van der Waals surface area contributed by atoms with Gasteiger partial charge in [0.05, 0.1) is 21.5 Å². The molecule has 0 unspecified atom stereocenters. The molecule has 1 heterocycles. The van der Waals surface area contributed by atoms with Crippen LogP contribution in [0, 0.1) is 21.4 Å². The van der Waals surface area contributed by atoms with Crippen molar-refractivity contribution in [2.24, 2.45) is 0 Å². The standard InChI is InChI=1S/C20H22N4O4S/c1-15(2)17-4-6-18(7-5-17)29(27,28)23-11-9-22(10-12-23)20-13-16(14-21)3-8-19(20)24(25)26/h3-8,13,15H,9-12H2,1-2H3. The van der Waals surface area contributed by atoms with Crippen LogP contribution in [0.2, 0.25) is 0 Å². The number of nitro groups is 1. The fourth-order valence-electron chi connectivity index (χ4n) is 3.34. The van der Waals surface area contributed by atoms with E-state index in [0.717, 1.165) is 5.56 Å². The van der Waals surface area contributed by atoms with Gasteiger partial charge >= 0.3 is 0 Å². The lowest BCUT2D eigenvalue weighted by Crippen LogP contribution is -2.48. The van der Waals surface area contributed by atoms with Gasteiger partial charge < -0.3 is 4.90 Å². The van der Waals surface area contributed by atoms with Crippen molar-refractivity contribution in [3.8, 4) is 6.07 Å². The molecule has 0 aliphatic carbocycles. The largest absolute Gasteiger partial charge is 0.363 e. The molecule has 0 atom stereocenters. The Morgan fingerprint density at radius 3 is 2.21 bits per heavy atom. The number of hydrogen-bond donors (Lipinski definition) is 0. The monoisotopic (exact) mass is 414 g/mol. The number of sulfonamides is 1. The fourth-order valence-corrected chi connectivity index (χ4v) is 4.77. The summed E-state index contributed by atoms with van der Waals surface area (Å²) >= 11 is 0. The molecule has 0 aromatic heterocycles. The van der Waals surface area contributed by atoms with E-state index in [1.807, 2.05) is 32.0 Å². The highest BCUT2D eigenvalue weighted by molar-refractivity contribution is 7.89. The molecule has 0 saturated carbocycles. The lowest BCUT2D eigenvalue weighted by Gasteiger charge is -2.35. The van der Waals surface area contributed by atoms with Gasteiger partial charge in [0.15, 0.2) is 0 Å². The molecule has 3 rings (SSSR count). The average molecular weight is 414 g/mol. The van der Waals surface area contributed by atoms with Crippen LogP contribution >= 0.6 is 0 Å². The van der Waals surface area contributed by atoms with E-state index in [0.29, 0.717) is 30.3 Å². The highest BCUT2D eigenvalue weighted by atomic mass is 32.2. The summed E-state index contributed by atoms with van der Waals surface area (Å²) in [6.07, 6.45) is 0. The Hall–Kier alpha value is -2.96. The second-order valence-corrected chi connectivity index (χ2v) is 9.13. The van der Waals surface area contributed by atoms with Gasteiger partial charge in [0.2, 0.25) is 10.0 Å². The van der Waals surface area contributed by atoms with E-state index < -0.39 is 14.9 Å². The third kappa shape index (κ3) is 4.23.